The average Bonchev–Trinajstić information content (AvgIpc) is 2.46. The van der Waals surface area contributed by atoms with Crippen LogP contribution in [0.5, 0.6) is 0 Å². The Hall–Kier alpha value is -2.43. The molecule has 0 radical (unpaired) electrons. The Balaban J connectivity index is 2.15. The number of anilines is 1. The summed E-state index contributed by atoms with van der Waals surface area (Å²) in [4.78, 5) is 21.0. The molecule has 2 rings (SSSR count). The highest BCUT2D eigenvalue weighted by molar-refractivity contribution is 5.85. The monoisotopic (exact) mass is 257 g/mol. The molecule has 0 fully saturated rings. The van der Waals surface area contributed by atoms with Crippen LogP contribution in [0, 0.1) is 0 Å². The molecule has 0 spiro atoms. The molecule has 0 amide bonds. The van der Waals surface area contributed by atoms with E-state index in [1.165, 1.54) is 6.07 Å². The van der Waals surface area contributed by atoms with Gasteiger partial charge in [0.2, 0.25) is 0 Å². The van der Waals surface area contributed by atoms with Crippen molar-refractivity contribution in [3.63, 3.8) is 0 Å². The summed E-state index contributed by atoms with van der Waals surface area (Å²) in [6.07, 6.45) is 3.34. The van der Waals surface area contributed by atoms with Crippen LogP contribution in [0.3, 0.4) is 0 Å². The predicted molar refractivity (Wildman–Crippen MR) is 72.2 cm³/mol. The number of carboxylic acids is 1. The summed E-state index contributed by atoms with van der Waals surface area (Å²) in [6, 6.07) is 9.06. The summed E-state index contributed by atoms with van der Waals surface area (Å²) in [5.41, 5.74) is 1.91. The van der Waals surface area contributed by atoms with Crippen LogP contribution in [0.4, 0.5) is 5.69 Å². The third-order valence-corrected chi connectivity index (χ3v) is 2.79. The van der Waals surface area contributed by atoms with E-state index in [0.29, 0.717) is 6.54 Å². The number of hydrogen-bond donors (Lipinski definition) is 1. The maximum Gasteiger partial charge on any atom is 0.354 e. The molecule has 2 aromatic heterocycles. The number of rotatable bonds is 5. The highest BCUT2D eigenvalue weighted by atomic mass is 16.4. The van der Waals surface area contributed by atoms with Crippen molar-refractivity contribution in [2.75, 3.05) is 11.4 Å². The second-order valence-electron chi connectivity index (χ2n) is 4.04. The Morgan fingerprint density at radius 3 is 2.63 bits per heavy atom. The van der Waals surface area contributed by atoms with E-state index in [1.54, 1.807) is 18.5 Å². The van der Waals surface area contributed by atoms with E-state index in [4.69, 9.17) is 5.11 Å². The van der Waals surface area contributed by atoms with E-state index < -0.39 is 5.97 Å². The first kappa shape index (κ1) is 13.0. The molecular formula is C14H15N3O2. The first-order valence-electron chi connectivity index (χ1n) is 6.05. The minimum atomic E-state index is -1.01. The Bertz CT molecular complexity index is 540. The van der Waals surface area contributed by atoms with Gasteiger partial charge >= 0.3 is 5.97 Å². The summed E-state index contributed by atoms with van der Waals surface area (Å²) in [5, 5.41) is 8.82. The lowest BCUT2D eigenvalue weighted by molar-refractivity contribution is 0.0690. The third-order valence-electron chi connectivity index (χ3n) is 2.79. The highest BCUT2D eigenvalue weighted by Crippen LogP contribution is 2.15. The normalized spacial score (nSPS) is 10.2. The van der Waals surface area contributed by atoms with Gasteiger partial charge in [0.05, 0.1) is 24.1 Å². The van der Waals surface area contributed by atoms with Crippen LogP contribution in [-0.2, 0) is 6.54 Å². The van der Waals surface area contributed by atoms with E-state index in [2.05, 4.69) is 14.9 Å². The average molecular weight is 257 g/mol. The fraction of sp³-hybridized carbons (Fsp3) is 0.214. The van der Waals surface area contributed by atoms with Crippen LogP contribution in [0.15, 0.2) is 42.7 Å². The quantitative estimate of drug-likeness (QED) is 0.889. The second-order valence-corrected chi connectivity index (χ2v) is 4.04. The molecule has 0 aliphatic rings. The van der Waals surface area contributed by atoms with Gasteiger partial charge in [-0.15, -0.1) is 0 Å². The number of pyridine rings is 2. The molecule has 0 aliphatic heterocycles. The van der Waals surface area contributed by atoms with Crippen LogP contribution in [0.25, 0.3) is 0 Å². The zero-order chi connectivity index (χ0) is 13.7. The van der Waals surface area contributed by atoms with Crippen molar-refractivity contribution in [1.29, 1.82) is 0 Å². The van der Waals surface area contributed by atoms with Crippen LogP contribution in [0.1, 0.15) is 23.1 Å². The number of carbonyl (C=O) groups is 1. The molecule has 5 heteroatoms. The maximum atomic E-state index is 10.8. The lowest BCUT2D eigenvalue weighted by Gasteiger charge is -2.22. The molecule has 98 valence electrons. The predicted octanol–water partition coefficient (Wildman–Crippen LogP) is 2.20. The van der Waals surface area contributed by atoms with E-state index in [0.717, 1.165) is 17.9 Å². The lowest BCUT2D eigenvalue weighted by atomic mass is 10.2. The number of hydrogen-bond acceptors (Lipinski definition) is 4. The number of nitrogens with zero attached hydrogens (tertiary/aromatic N) is 3. The van der Waals surface area contributed by atoms with Gasteiger partial charge in [0.1, 0.15) is 5.69 Å². The van der Waals surface area contributed by atoms with Crippen molar-refractivity contribution in [1.82, 2.24) is 9.97 Å². The molecular weight excluding hydrogens is 242 g/mol. The molecule has 2 heterocycles. The van der Waals surface area contributed by atoms with Gasteiger partial charge < -0.3 is 10.0 Å². The number of aromatic nitrogens is 2. The molecule has 0 aromatic carbocycles. The standard InChI is InChI=1S/C14H15N3O2/c1-2-17(10-11-5-3-4-8-15-11)12-6-7-13(14(18)19)16-9-12/h3-9H,2,10H2,1H3,(H,18,19). The van der Waals surface area contributed by atoms with Crippen LogP contribution < -0.4 is 4.90 Å². The van der Waals surface area contributed by atoms with Crippen LogP contribution in [0.2, 0.25) is 0 Å². The van der Waals surface area contributed by atoms with Crippen molar-refractivity contribution in [2.45, 2.75) is 13.5 Å². The first-order valence-corrected chi connectivity index (χ1v) is 6.05. The molecule has 0 saturated heterocycles. The Morgan fingerprint density at radius 2 is 2.11 bits per heavy atom. The molecule has 0 bridgehead atoms. The fourth-order valence-electron chi connectivity index (χ4n) is 1.77. The van der Waals surface area contributed by atoms with Crippen molar-refractivity contribution in [3.05, 3.63) is 54.1 Å². The molecule has 2 aromatic rings. The summed E-state index contributed by atoms with van der Waals surface area (Å²) in [5.74, 6) is -1.01. The molecule has 1 N–H and O–H groups in total. The van der Waals surface area contributed by atoms with Crippen molar-refractivity contribution in [3.8, 4) is 0 Å². The van der Waals surface area contributed by atoms with Gasteiger partial charge in [0, 0.05) is 12.7 Å². The number of carboxylic acid groups (broad SMARTS) is 1. The van der Waals surface area contributed by atoms with E-state index in [-0.39, 0.29) is 5.69 Å². The van der Waals surface area contributed by atoms with Crippen molar-refractivity contribution in [2.24, 2.45) is 0 Å². The minimum Gasteiger partial charge on any atom is -0.477 e. The van der Waals surface area contributed by atoms with Gasteiger partial charge in [-0.3, -0.25) is 4.98 Å². The van der Waals surface area contributed by atoms with E-state index in [1.807, 2.05) is 25.1 Å². The van der Waals surface area contributed by atoms with Crippen LogP contribution >= 0.6 is 0 Å². The van der Waals surface area contributed by atoms with Crippen molar-refractivity contribution < 1.29 is 9.90 Å². The molecule has 19 heavy (non-hydrogen) atoms. The zero-order valence-electron chi connectivity index (χ0n) is 10.7. The summed E-state index contributed by atoms with van der Waals surface area (Å²) in [7, 11) is 0. The van der Waals surface area contributed by atoms with Crippen LogP contribution in [-0.4, -0.2) is 27.6 Å². The topological polar surface area (TPSA) is 66.3 Å². The van der Waals surface area contributed by atoms with Gasteiger partial charge in [-0.2, -0.15) is 0 Å². The lowest BCUT2D eigenvalue weighted by Crippen LogP contribution is -2.22. The molecule has 0 atom stereocenters. The Labute approximate surface area is 111 Å². The Morgan fingerprint density at radius 1 is 1.26 bits per heavy atom. The summed E-state index contributed by atoms with van der Waals surface area (Å²) >= 11 is 0. The van der Waals surface area contributed by atoms with E-state index in [9.17, 15) is 4.79 Å². The smallest absolute Gasteiger partial charge is 0.354 e. The van der Waals surface area contributed by atoms with Crippen molar-refractivity contribution >= 4 is 11.7 Å². The Kier molecular flexibility index (Phi) is 4.07. The highest BCUT2D eigenvalue weighted by Gasteiger charge is 2.09. The summed E-state index contributed by atoms with van der Waals surface area (Å²) in [6.45, 7) is 3.50. The third kappa shape index (κ3) is 3.28. The van der Waals surface area contributed by atoms with Gasteiger partial charge in [-0.05, 0) is 31.2 Å². The largest absolute Gasteiger partial charge is 0.477 e. The zero-order valence-corrected chi connectivity index (χ0v) is 10.7. The minimum absolute atomic E-state index is 0.0534. The first-order chi connectivity index (χ1) is 9.20. The van der Waals surface area contributed by atoms with Gasteiger partial charge in [0.25, 0.3) is 0 Å². The summed E-state index contributed by atoms with van der Waals surface area (Å²) < 4.78 is 0. The SMILES string of the molecule is CCN(Cc1ccccn1)c1ccc(C(=O)O)nc1. The van der Waals surface area contributed by atoms with Gasteiger partial charge in [-0.1, -0.05) is 6.07 Å². The molecule has 0 aliphatic carbocycles. The second kappa shape index (κ2) is 5.95. The molecule has 0 unspecified atom stereocenters. The molecule has 5 nitrogen and oxygen atoms in total. The maximum absolute atomic E-state index is 10.8. The van der Waals surface area contributed by atoms with E-state index >= 15 is 0 Å². The molecule has 0 saturated carbocycles. The van der Waals surface area contributed by atoms with Gasteiger partial charge in [0.15, 0.2) is 0 Å². The number of aromatic carboxylic acids is 1. The van der Waals surface area contributed by atoms with Gasteiger partial charge in [-0.25, -0.2) is 9.78 Å². The fourth-order valence-corrected chi connectivity index (χ4v) is 1.77.